The number of rotatable bonds is 3. The van der Waals surface area contributed by atoms with Gasteiger partial charge in [-0.3, -0.25) is 0 Å². The third kappa shape index (κ3) is 4.35. The Morgan fingerprint density at radius 1 is 0.926 bits per heavy atom. The van der Waals surface area contributed by atoms with Crippen LogP contribution in [0.15, 0.2) is 65.7 Å². The Bertz CT molecular complexity index is 1070. The molecule has 0 saturated carbocycles. The van der Waals surface area contributed by atoms with Gasteiger partial charge in [-0.15, -0.1) is 0 Å². The summed E-state index contributed by atoms with van der Waals surface area (Å²) in [7, 11) is 0. The lowest BCUT2D eigenvalue weighted by atomic mass is 9.99. The number of aliphatic imine (C=N–C) groups is 1. The molecule has 1 nitrogen and oxygen atoms in total. The first-order chi connectivity index (χ1) is 13.1. The van der Waals surface area contributed by atoms with Crippen molar-refractivity contribution < 1.29 is 8.78 Å². The van der Waals surface area contributed by atoms with E-state index in [4.69, 9.17) is 0 Å². The molecule has 0 N–H and O–H groups in total. The zero-order chi connectivity index (χ0) is 19.2. The summed E-state index contributed by atoms with van der Waals surface area (Å²) in [6.07, 6.45) is 0.553. The fourth-order valence-electron chi connectivity index (χ4n) is 2.71. The van der Waals surface area contributed by atoms with Gasteiger partial charge in [-0.05, 0) is 59.6 Å². The molecule has 0 radical (unpaired) electrons. The normalized spacial score (nSPS) is 9.89. The maximum Gasteiger partial charge on any atom is 0.142 e. The summed E-state index contributed by atoms with van der Waals surface area (Å²) in [5.41, 5.74) is 3.33. The van der Waals surface area contributed by atoms with Crippen molar-refractivity contribution in [2.24, 2.45) is 4.99 Å². The van der Waals surface area contributed by atoms with Crippen molar-refractivity contribution in [1.29, 1.82) is 0 Å². The number of nitrogens with zero attached hydrogens (tertiary/aromatic N) is 1. The van der Waals surface area contributed by atoms with Gasteiger partial charge in [0.1, 0.15) is 11.6 Å². The summed E-state index contributed by atoms with van der Waals surface area (Å²) in [6.45, 7) is 1.84. The van der Waals surface area contributed by atoms with E-state index >= 15 is 0 Å². The molecule has 3 aromatic carbocycles. The smallest absolute Gasteiger partial charge is 0.142 e. The first-order valence-electron chi connectivity index (χ1n) is 8.39. The largest absolute Gasteiger partial charge is 0.206 e. The van der Waals surface area contributed by atoms with Crippen LogP contribution in [0.1, 0.15) is 23.6 Å². The number of isothiocyanates is 1. The van der Waals surface area contributed by atoms with Gasteiger partial charge in [0.05, 0.1) is 16.4 Å². The van der Waals surface area contributed by atoms with Crippen molar-refractivity contribution in [2.75, 3.05) is 0 Å². The SMILES string of the molecule is CCc1cc(F)c(C#Cc2cc(N=C=S)ccc2-c2ccccc2)c(F)c1. The second-order valence-corrected chi connectivity index (χ2v) is 6.02. The second kappa shape index (κ2) is 8.51. The lowest BCUT2D eigenvalue weighted by molar-refractivity contribution is 0.574. The highest BCUT2D eigenvalue weighted by molar-refractivity contribution is 7.78. The van der Waals surface area contributed by atoms with Crippen LogP contribution >= 0.6 is 12.2 Å². The molecule has 3 rings (SSSR count). The topological polar surface area (TPSA) is 12.4 Å². The van der Waals surface area contributed by atoms with E-state index in [0.717, 1.165) is 11.1 Å². The van der Waals surface area contributed by atoms with Crippen molar-refractivity contribution in [1.82, 2.24) is 0 Å². The predicted octanol–water partition coefficient (Wildman–Crippen LogP) is 6.33. The quantitative estimate of drug-likeness (QED) is 0.296. The van der Waals surface area contributed by atoms with Crippen LogP contribution in [0, 0.1) is 23.5 Å². The number of benzene rings is 3. The standard InChI is InChI=1S/C23H15F2NS/c1-2-16-12-22(24)21(23(25)13-16)10-8-18-14-19(26-15-27)9-11-20(18)17-6-4-3-5-7-17/h3-7,9,11-14H,2H2,1H3. The van der Waals surface area contributed by atoms with Gasteiger partial charge in [0.15, 0.2) is 0 Å². The molecular formula is C23H15F2NS. The van der Waals surface area contributed by atoms with E-state index in [2.05, 4.69) is 34.2 Å². The third-order valence-corrected chi connectivity index (χ3v) is 4.19. The fourth-order valence-corrected chi connectivity index (χ4v) is 2.81. The maximum absolute atomic E-state index is 14.2. The summed E-state index contributed by atoms with van der Waals surface area (Å²) in [4.78, 5) is 3.96. The number of hydrogen-bond acceptors (Lipinski definition) is 2. The number of hydrogen-bond donors (Lipinski definition) is 0. The molecular weight excluding hydrogens is 360 g/mol. The molecule has 0 amide bonds. The summed E-state index contributed by atoms with van der Waals surface area (Å²) in [5, 5.41) is 2.32. The van der Waals surface area contributed by atoms with E-state index in [0.29, 0.717) is 23.2 Å². The van der Waals surface area contributed by atoms with Gasteiger partial charge < -0.3 is 0 Å². The van der Waals surface area contributed by atoms with Gasteiger partial charge in [0, 0.05) is 5.56 Å². The molecule has 0 aliphatic heterocycles. The van der Waals surface area contributed by atoms with Crippen LogP contribution in [0.25, 0.3) is 11.1 Å². The highest BCUT2D eigenvalue weighted by Crippen LogP contribution is 2.27. The number of halogens is 2. The van der Waals surface area contributed by atoms with Gasteiger partial charge in [-0.1, -0.05) is 55.2 Å². The van der Waals surface area contributed by atoms with Crippen LogP contribution in [0.5, 0.6) is 0 Å². The highest BCUT2D eigenvalue weighted by Gasteiger charge is 2.09. The maximum atomic E-state index is 14.2. The monoisotopic (exact) mass is 375 g/mol. The average Bonchev–Trinajstić information content (AvgIpc) is 2.68. The van der Waals surface area contributed by atoms with Gasteiger partial charge in [-0.25, -0.2) is 8.78 Å². The summed E-state index contributed by atoms with van der Waals surface area (Å²) >= 11 is 4.65. The summed E-state index contributed by atoms with van der Waals surface area (Å²) < 4.78 is 28.5. The molecule has 4 heteroatoms. The molecule has 0 heterocycles. The molecule has 0 bridgehead atoms. The third-order valence-electron chi connectivity index (χ3n) is 4.10. The first-order valence-corrected chi connectivity index (χ1v) is 8.80. The highest BCUT2D eigenvalue weighted by atomic mass is 32.1. The van der Waals surface area contributed by atoms with E-state index in [1.54, 1.807) is 12.1 Å². The van der Waals surface area contributed by atoms with E-state index in [9.17, 15) is 8.78 Å². The van der Waals surface area contributed by atoms with Gasteiger partial charge in [0.25, 0.3) is 0 Å². The Labute approximate surface area is 162 Å². The molecule has 132 valence electrons. The minimum absolute atomic E-state index is 0.241. The summed E-state index contributed by atoms with van der Waals surface area (Å²) in [6, 6.07) is 17.7. The molecule has 0 aromatic heterocycles. The lowest BCUT2D eigenvalue weighted by Crippen LogP contribution is -1.94. The van der Waals surface area contributed by atoms with E-state index in [1.165, 1.54) is 12.1 Å². The van der Waals surface area contributed by atoms with Crippen molar-refractivity contribution in [3.63, 3.8) is 0 Å². The Kier molecular flexibility index (Phi) is 5.88. The van der Waals surface area contributed by atoms with Crippen LogP contribution < -0.4 is 0 Å². The van der Waals surface area contributed by atoms with Crippen LogP contribution in [-0.2, 0) is 6.42 Å². The van der Waals surface area contributed by atoms with Crippen LogP contribution in [0.2, 0.25) is 0 Å². The fraction of sp³-hybridized carbons (Fsp3) is 0.0870. The minimum atomic E-state index is -0.659. The molecule has 0 unspecified atom stereocenters. The molecule has 0 saturated heterocycles. The first kappa shape index (κ1) is 18.7. The zero-order valence-electron chi connectivity index (χ0n) is 14.6. The molecule has 0 spiro atoms. The van der Waals surface area contributed by atoms with Crippen LogP contribution in [0.4, 0.5) is 14.5 Å². The Hall–Kier alpha value is -3.12. The molecule has 0 aliphatic carbocycles. The van der Waals surface area contributed by atoms with Crippen molar-refractivity contribution in [2.45, 2.75) is 13.3 Å². The van der Waals surface area contributed by atoms with Crippen molar-refractivity contribution >= 4 is 23.1 Å². The Balaban J connectivity index is 2.13. The molecule has 0 aliphatic rings. The minimum Gasteiger partial charge on any atom is -0.206 e. The van der Waals surface area contributed by atoms with Gasteiger partial charge in [-0.2, -0.15) is 4.99 Å². The van der Waals surface area contributed by atoms with Crippen molar-refractivity contribution in [3.05, 3.63) is 89.0 Å². The number of thiocarbonyl (C=S) groups is 1. The predicted molar refractivity (Wildman–Crippen MR) is 108 cm³/mol. The Morgan fingerprint density at radius 3 is 2.26 bits per heavy atom. The second-order valence-electron chi connectivity index (χ2n) is 5.84. The zero-order valence-corrected chi connectivity index (χ0v) is 15.4. The molecule has 0 atom stereocenters. The molecule has 3 aromatic rings. The molecule has 27 heavy (non-hydrogen) atoms. The van der Waals surface area contributed by atoms with E-state index in [1.807, 2.05) is 43.3 Å². The van der Waals surface area contributed by atoms with Crippen molar-refractivity contribution in [3.8, 4) is 23.0 Å². The Morgan fingerprint density at radius 2 is 1.63 bits per heavy atom. The van der Waals surface area contributed by atoms with E-state index in [-0.39, 0.29) is 5.56 Å². The number of aryl methyl sites for hydroxylation is 1. The molecule has 0 fully saturated rings. The van der Waals surface area contributed by atoms with E-state index < -0.39 is 11.6 Å². The lowest BCUT2D eigenvalue weighted by Gasteiger charge is -2.06. The van der Waals surface area contributed by atoms with Gasteiger partial charge >= 0.3 is 0 Å². The van der Waals surface area contributed by atoms with Crippen LogP contribution in [0.3, 0.4) is 0 Å². The van der Waals surface area contributed by atoms with Crippen LogP contribution in [-0.4, -0.2) is 5.16 Å². The van der Waals surface area contributed by atoms with Gasteiger partial charge in [0.2, 0.25) is 0 Å². The summed E-state index contributed by atoms with van der Waals surface area (Å²) in [5.74, 6) is 4.22. The average molecular weight is 375 g/mol.